The van der Waals surface area contributed by atoms with Gasteiger partial charge in [-0.15, -0.1) is 0 Å². The number of likely N-dealkylation sites (tertiary alicyclic amines) is 1. The first kappa shape index (κ1) is 15.7. The molecule has 2 fully saturated rings. The maximum atomic E-state index is 12.6. The van der Waals surface area contributed by atoms with Crippen LogP contribution in [0.3, 0.4) is 0 Å². The lowest BCUT2D eigenvalue weighted by Gasteiger charge is -2.32. The first-order chi connectivity index (χ1) is 10.6. The highest BCUT2D eigenvalue weighted by atomic mass is 32.2. The summed E-state index contributed by atoms with van der Waals surface area (Å²) in [6.45, 7) is 4.11. The zero-order valence-electron chi connectivity index (χ0n) is 13.2. The lowest BCUT2D eigenvalue weighted by atomic mass is 9.92. The third-order valence-corrected chi connectivity index (χ3v) is 6.03. The second-order valence-electron chi connectivity index (χ2n) is 6.38. The van der Waals surface area contributed by atoms with Crippen molar-refractivity contribution < 1.29 is 8.42 Å². The molecule has 1 heterocycles. The molecule has 3 rings (SSSR count). The molecule has 0 amide bonds. The highest BCUT2D eigenvalue weighted by Gasteiger charge is 2.30. The van der Waals surface area contributed by atoms with Crippen LogP contribution in [0.4, 0.5) is 0 Å². The zero-order valence-corrected chi connectivity index (χ0v) is 14.0. The van der Waals surface area contributed by atoms with Gasteiger partial charge in [0.25, 0.3) is 10.0 Å². The van der Waals surface area contributed by atoms with E-state index in [4.69, 9.17) is 0 Å². The fourth-order valence-corrected chi connectivity index (χ4v) is 4.55. The Balaban J connectivity index is 1.88. The predicted molar refractivity (Wildman–Crippen MR) is 88.9 cm³/mol. The van der Waals surface area contributed by atoms with Crippen LogP contribution in [0.5, 0.6) is 0 Å². The van der Waals surface area contributed by atoms with Crippen LogP contribution in [0.25, 0.3) is 0 Å². The lowest BCUT2D eigenvalue weighted by molar-refractivity contribution is 0.271. The van der Waals surface area contributed by atoms with Crippen molar-refractivity contribution in [1.29, 1.82) is 0 Å². The van der Waals surface area contributed by atoms with Gasteiger partial charge in [-0.2, -0.15) is 12.8 Å². The summed E-state index contributed by atoms with van der Waals surface area (Å²) in [6.07, 6.45) is 6.51. The summed E-state index contributed by atoms with van der Waals surface area (Å²) < 4.78 is 29.4. The number of nitrogens with zero attached hydrogens (tertiary/aromatic N) is 2. The van der Waals surface area contributed by atoms with Crippen LogP contribution in [0.2, 0.25) is 0 Å². The lowest BCUT2D eigenvalue weighted by Crippen LogP contribution is -2.41. The Labute approximate surface area is 133 Å². The van der Waals surface area contributed by atoms with Crippen LogP contribution in [0.1, 0.15) is 44.1 Å². The number of benzene rings is 1. The van der Waals surface area contributed by atoms with Crippen LogP contribution in [0.15, 0.2) is 33.6 Å². The molecule has 1 aliphatic carbocycles. The fourth-order valence-electron chi connectivity index (χ4n) is 3.45. The number of aryl methyl sites for hydroxylation is 1. The molecule has 1 unspecified atom stereocenters. The van der Waals surface area contributed by atoms with Crippen LogP contribution in [-0.2, 0) is 10.0 Å². The molecular weight excluding hydrogens is 296 g/mol. The summed E-state index contributed by atoms with van der Waals surface area (Å²) in [7, 11) is -3.58. The highest BCUT2D eigenvalue weighted by molar-refractivity contribution is 7.90. The Bertz CT molecular complexity index is 644. The second-order valence-corrected chi connectivity index (χ2v) is 7.98. The average molecular weight is 320 g/mol. The summed E-state index contributed by atoms with van der Waals surface area (Å²) in [5.41, 5.74) is 1.92. The van der Waals surface area contributed by atoms with Gasteiger partial charge >= 0.3 is 0 Å². The van der Waals surface area contributed by atoms with Crippen LogP contribution < -0.4 is 0 Å². The highest BCUT2D eigenvalue weighted by Crippen LogP contribution is 2.26. The van der Waals surface area contributed by atoms with Crippen molar-refractivity contribution in [1.82, 2.24) is 4.90 Å². The van der Waals surface area contributed by atoms with Gasteiger partial charge in [-0.25, -0.2) is 0 Å². The summed E-state index contributed by atoms with van der Waals surface area (Å²) in [4.78, 5) is 2.72. The van der Waals surface area contributed by atoms with Gasteiger partial charge in [0.1, 0.15) is 0 Å². The SMILES string of the molecule is Cc1ccc(S(=O)(=O)/N=C2\CCCCC2N2CCCC2)cc1. The largest absolute Gasteiger partial charge is 0.295 e. The van der Waals surface area contributed by atoms with Gasteiger partial charge in [-0.3, -0.25) is 4.90 Å². The van der Waals surface area contributed by atoms with E-state index in [2.05, 4.69) is 9.30 Å². The molecule has 1 saturated heterocycles. The molecule has 0 bridgehead atoms. The van der Waals surface area contributed by atoms with E-state index in [1.54, 1.807) is 12.1 Å². The van der Waals surface area contributed by atoms with Gasteiger partial charge in [0.05, 0.1) is 4.90 Å². The Morgan fingerprint density at radius 1 is 1.05 bits per heavy atom. The molecule has 1 saturated carbocycles. The molecule has 1 atom stereocenters. The predicted octanol–water partition coefficient (Wildman–Crippen LogP) is 3.16. The Morgan fingerprint density at radius 2 is 1.73 bits per heavy atom. The second kappa shape index (κ2) is 6.50. The summed E-state index contributed by atoms with van der Waals surface area (Å²) in [6, 6.07) is 7.19. The van der Waals surface area contributed by atoms with Gasteiger partial charge < -0.3 is 0 Å². The smallest absolute Gasteiger partial charge is 0.282 e. The quantitative estimate of drug-likeness (QED) is 0.859. The van der Waals surface area contributed by atoms with E-state index in [-0.39, 0.29) is 6.04 Å². The molecule has 0 spiro atoms. The van der Waals surface area contributed by atoms with Gasteiger partial charge in [0.15, 0.2) is 0 Å². The van der Waals surface area contributed by atoms with Gasteiger partial charge in [0.2, 0.25) is 0 Å². The minimum absolute atomic E-state index is 0.233. The van der Waals surface area contributed by atoms with Crippen LogP contribution >= 0.6 is 0 Å². The fraction of sp³-hybridized carbons (Fsp3) is 0.588. The minimum Gasteiger partial charge on any atom is -0.295 e. The number of hydrogen-bond acceptors (Lipinski definition) is 3. The molecule has 0 radical (unpaired) electrons. The Hall–Kier alpha value is -1.20. The van der Waals surface area contributed by atoms with E-state index in [0.29, 0.717) is 4.90 Å². The van der Waals surface area contributed by atoms with Gasteiger partial charge in [0, 0.05) is 11.8 Å². The van der Waals surface area contributed by atoms with E-state index in [1.807, 2.05) is 19.1 Å². The third-order valence-electron chi connectivity index (χ3n) is 4.68. The van der Waals surface area contributed by atoms with Crippen molar-refractivity contribution >= 4 is 15.7 Å². The number of sulfonamides is 1. The first-order valence-electron chi connectivity index (χ1n) is 8.21. The van der Waals surface area contributed by atoms with E-state index in [9.17, 15) is 8.42 Å². The first-order valence-corrected chi connectivity index (χ1v) is 9.65. The van der Waals surface area contributed by atoms with Crippen LogP contribution in [-0.4, -0.2) is 38.2 Å². The number of rotatable bonds is 3. The normalized spacial score (nSPS) is 25.7. The topological polar surface area (TPSA) is 49.7 Å². The van der Waals surface area contributed by atoms with Crippen molar-refractivity contribution in [3.63, 3.8) is 0 Å². The van der Waals surface area contributed by atoms with E-state index in [1.165, 1.54) is 19.3 Å². The minimum atomic E-state index is -3.58. The van der Waals surface area contributed by atoms with Crippen LogP contribution in [0, 0.1) is 6.92 Å². The van der Waals surface area contributed by atoms with Crippen molar-refractivity contribution in [2.75, 3.05) is 13.1 Å². The molecule has 0 aromatic heterocycles. The molecule has 0 N–H and O–H groups in total. The van der Waals surface area contributed by atoms with Crippen molar-refractivity contribution in [2.24, 2.45) is 4.40 Å². The molecule has 4 nitrogen and oxygen atoms in total. The monoisotopic (exact) mass is 320 g/mol. The summed E-state index contributed by atoms with van der Waals surface area (Å²) in [5, 5.41) is 0. The molecule has 1 aromatic carbocycles. The molecule has 120 valence electrons. The standard InChI is InChI=1S/C17H24N2O2S/c1-14-8-10-15(11-9-14)22(20,21)18-16-6-2-3-7-17(16)19-12-4-5-13-19/h8-11,17H,2-7,12-13H2,1H3/b18-16+. The van der Waals surface area contributed by atoms with E-state index < -0.39 is 10.0 Å². The van der Waals surface area contributed by atoms with Crippen molar-refractivity contribution in [3.05, 3.63) is 29.8 Å². The van der Waals surface area contributed by atoms with E-state index in [0.717, 1.165) is 43.6 Å². The Morgan fingerprint density at radius 3 is 2.41 bits per heavy atom. The zero-order chi connectivity index (χ0) is 15.6. The summed E-state index contributed by atoms with van der Waals surface area (Å²) in [5.74, 6) is 0. The van der Waals surface area contributed by atoms with Gasteiger partial charge in [-0.1, -0.05) is 24.1 Å². The van der Waals surface area contributed by atoms with Gasteiger partial charge in [-0.05, 0) is 64.3 Å². The Kier molecular flexibility index (Phi) is 4.64. The molecular formula is C17H24N2O2S. The summed E-state index contributed by atoms with van der Waals surface area (Å²) >= 11 is 0. The molecule has 2 aliphatic rings. The maximum absolute atomic E-state index is 12.6. The van der Waals surface area contributed by atoms with Crippen molar-refractivity contribution in [3.8, 4) is 0 Å². The molecule has 22 heavy (non-hydrogen) atoms. The molecule has 1 aliphatic heterocycles. The van der Waals surface area contributed by atoms with Crippen molar-refractivity contribution in [2.45, 2.75) is 56.4 Å². The average Bonchev–Trinajstić information content (AvgIpc) is 3.02. The van der Waals surface area contributed by atoms with E-state index >= 15 is 0 Å². The maximum Gasteiger partial charge on any atom is 0.282 e. The number of hydrogen-bond donors (Lipinski definition) is 0. The third kappa shape index (κ3) is 3.41. The molecule has 1 aromatic rings. The molecule has 5 heteroatoms.